The molecule has 0 saturated heterocycles. The Kier molecular flexibility index (Phi) is 7.34. The molecule has 0 aliphatic heterocycles. The van der Waals surface area contributed by atoms with Crippen LogP contribution in [0.5, 0.6) is 0 Å². The molecule has 3 atom stereocenters. The summed E-state index contributed by atoms with van der Waals surface area (Å²) in [6.45, 7) is 9.61. The van der Waals surface area contributed by atoms with E-state index in [1.165, 1.54) is 70.6 Å². The lowest BCUT2D eigenvalue weighted by molar-refractivity contribution is 0.0798. The normalized spacial score (nSPS) is 32.7. The third kappa shape index (κ3) is 4.94. The second kappa shape index (κ2) is 8.23. The van der Waals surface area contributed by atoms with E-state index in [4.69, 9.17) is 0 Å². The summed E-state index contributed by atoms with van der Waals surface area (Å²) in [5.74, 6) is 2.09. The molecule has 0 spiro atoms. The Hall–Kier alpha value is 0. The molecule has 0 N–H and O–H groups in total. The number of rotatable bonds is 8. The first-order chi connectivity index (χ1) is 8.65. The first-order valence-electron chi connectivity index (χ1n) is 8.65. The zero-order chi connectivity index (χ0) is 13.4. The molecule has 0 bridgehead atoms. The van der Waals surface area contributed by atoms with E-state index < -0.39 is 0 Å². The van der Waals surface area contributed by atoms with Gasteiger partial charge in [0.2, 0.25) is 0 Å². The van der Waals surface area contributed by atoms with Crippen LogP contribution in [0.2, 0.25) is 0 Å². The van der Waals surface area contributed by atoms with Crippen LogP contribution in [-0.2, 0) is 0 Å². The van der Waals surface area contributed by atoms with Gasteiger partial charge in [-0.1, -0.05) is 72.6 Å². The maximum Gasteiger partial charge on any atom is -0.0323 e. The summed E-state index contributed by atoms with van der Waals surface area (Å²) < 4.78 is 0. The summed E-state index contributed by atoms with van der Waals surface area (Å²) in [6, 6.07) is 0. The number of unbranched alkanes of at least 4 members (excludes halogenated alkanes) is 2. The van der Waals surface area contributed by atoms with Crippen LogP contribution in [0.1, 0.15) is 98.3 Å². The van der Waals surface area contributed by atoms with Gasteiger partial charge in [0, 0.05) is 0 Å². The smallest absolute Gasteiger partial charge is 0.0323 e. The molecular weight excluding hydrogens is 216 g/mol. The van der Waals surface area contributed by atoms with E-state index in [0.29, 0.717) is 5.41 Å². The lowest BCUT2D eigenvalue weighted by Crippen LogP contribution is -2.32. The molecule has 1 aliphatic rings. The van der Waals surface area contributed by atoms with Gasteiger partial charge in [-0.05, 0) is 42.9 Å². The molecule has 0 aromatic carbocycles. The lowest BCUT2D eigenvalue weighted by Gasteiger charge is -2.43. The zero-order valence-corrected chi connectivity index (χ0v) is 13.4. The van der Waals surface area contributed by atoms with E-state index in [1.807, 2.05) is 0 Å². The second-order valence-corrected chi connectivity index (χ2v) is 7.11. The van der Waals surface area contributed by atoms with Gasteiger partial charge in [-0.15, -0.1) is 0 Å². The van der Waals surface area contributed by atoms with Crippen LogP contribution in [-0.4, -0.2) is 0 Å². The van der Waals surface area contributed by atoms with Crippen molar-refractivity contribution in [1.82, 2.24) is 0 Å². The molecule has 1 aliphatic carbocycles. The van der Waals surface area contributed by atoms with E-state index in [2.05, 4.69) is 27.7 Å². The van der Waals surface area contributed by atoms with Crippen molar-refractivity contribution >= 4 is 0 Å². The monoisotopic (exact) mass is 252 g/mol. The molecule has 1 saturated carbocycles. The molecule has 18 heavy (non-hydrogen) atoms. The van der Waals surface area contributed by atoms with Crippen LogP contribution in [0.15, 0.2) is 0 Å². The van der Waals surface area contributed by atoms with Crippen LogP contribution >= 0.6 is 0 Å². The van der Waals surface area contributed by atoms with Gasteiger partial charge >= 0.3 is 0 Å². The Morgan fingerprint density at radius 1 is 0.889 bits per heavy atom. The van der Waals surface area contributed by atoms with Gasteiger partial charge in [-0.2, -0.15) is 0 Å². The molecule has 3 unspecified atom stereocenters. The molecule has 0 heteroatoms. The molecule has 0 amide bonds. The first kappa shape index (κ1) is 16.1. The number of hydrogen-bond donors (Lipinski definition) is 0. The van der Waals surface area contributed by atoms with Crippen molar-refractivity contribution in [2.75, 3.05) is 0 Å². The van der Waals surface area contributed by atoms with Crippen molar-refractivity contribution in [2.24, 2.45) is 17.3 Å². The van der Waals surface area contributed by atoms with Gasteiger partial charge < -0.3 is 0 Å². The minimum Gasteiger partial charge on any atom is -0.0654 e. The van der Waals surface area contributed by atoms with Gasteiger partial charge in [0.15, 0.2) is 0 Å². The maximum absolute atomic E-state index is 2.57. The third-order valence-electron chi connectivity index (χ3n) is 5.26. The van der Waals surface area contributed by atoms with Crippen molar-refractivity contribution in [3.63, 3.8) is 0 Å². The lowest BCUT2D eigenvalue weighted by atomic mass is 9.62. The van der Waals surface area contributed by atoms with Crippen LogP contribution in [0.4, 0.5) is 0 Å². The summed E-state index contributed by atoms with van der Waals surface area (Å²) in [6.07, 6.45) is 16.0. The first-order valence-corrected chi connectivity index (χ1v) is 8.65. The van der Waals surface area contributed by atoms with Crippen LogP contribution in [0, 0.1) is 17.3 Å². The fourth-order valence-corrected chi connectivity index (χ4v) is 4.06. The third-order valence-corrected chi connectivity index (χ3v) is 5.26. The number of hydrogen-bond acceptors (Lipinski definition) is 0. The molecule has 0 nitrogen and oxygen atoms in total. The van der Waals surface area contributed by atoms with Gasteiger partial charge in [-0.3, -0.25) is 0 Å². The predicted octanol–water partition coefficient (Wildman–Crippen LogP) is 6.59. The highest BCUT2D eigenvalue weighted by Gasteiger charge is 2.36. The van der Waals surface area contributed by atoms with Crippen molar-refractivity contribution in [1.29, 1.82) is 0 Å². The van der Waals surface area contributed by atoms with Gasteiger partial charge in [0.05, 0.1) is 0 Å². The van der Waals surface area contributed by atoms with Crippen LogP contribution in [0.25, 0.3) is 0 Å². The van der Waals surface area contributed by atoms with Gasteiger partial charge in [0.1, 0.15) is 0 Å². The SMILES string of the molecule is CCCCC1CC(C)(CCCC)CCC1CCC. The van der Waals surface area contributed by atoms with E-state index in [0.717, 1.165) is 11.8 Å². The largest absolute Gasteiger partial charge is 0.0654 e. The standard InChI is InChI=1S/C18H36/c1-5-8-11-17-15-18(4,13-9-6-2)14-12-16(17)10-7-3/h16-17H,5-15H2,1-4H3. The van der Waals surface area contributed by atoms with Crippen LogP contribution in [0.3, 0.4) is 0 Å². The molecule has 0 radical (unpaired) electrons. The fourth-order valence-electron chi connectivity index (χ4n) is 4.06. The Morgan fingerprint density at radius 3 is 2.22 bits per heavy atom. The highest BCUT2D eigenvalue weighted by Crippen LogP contribution is 2.48. The van der Waals surface area contributed by atoms with Gasteiger partial charge in [-0.25, -0.2) is 0 Å². The quantitative estimate of drug-likeness (QED) is 0.457. The maximum atomic E-state index is 2.57. The van der Waals surface area contributed by atoms with E-state index in [-0.39, 0.29) is 0 Å². The highest BCUT2D eigenvalue weighted by atomic mass is 14.4. The zero-order valence-electron chi connectivity index (χ0n) is 13.4. The summed E-state index contributed by atoms with van der Waals surface area (Å²) >= 11 is 0. The second-order valence-electron chi connectivity index (χ2n) is 7.11. The average molecular weight is 252 g/mol. The summed E-state index contributed by atoms with van der Waals surface area (Å²) in [4.78, 5) is 0. The summed E-state index contributed by atoms with van der Waals surface area (Å²) in [5, 5.41) is 0. The molecule has 0 heterocycles. The van der Waals surface area contributed by atoms with Crippen molar-refractivity contribution in [2.45, 2.75) is 98.3 Å². The molecule has 108 valence electrons. The van der Waals surface area contributed by atoms with Crippen molar-refractivity contribution in [3.05, 3.63) is 0 Å². The minimum absolute atomic E-state index is 0.679. The Morgan fingerprint density at radius 2 is 1.61 bits per heavy atom. The predicted molar refractivity (Wildman–Crippen MR) is 82.9 cm³/mol. The van der Waals surface area contributed by atoms with Crippen LogP contribution < -0.4 is 0 Å². The average Bonchev–Trinajstić information content (AvgIpc) is 2.37. The highest BCUT2D eigenvalue weighted by molar-refractivity contribution is 4.87. The Bertz CT molecular complexity index is 208. The summed E-state index contributed by atoms with van der Waals surface area (Å²) in [5.41, 5.74) is 0.679. The summed E-state index contributed by atoms with van der Waals surface area (Å²) in [7, 11) is 0. The topological polar surface area (TPSA) is 0 Å². The molecule has 1 fully saturated rings. The van der Waals surface area contributed by atoms with Crippen molar-refractivity contribution in [3.8, 4) is 0 Å². The molecular formula is C18H36. The van der Waals surface area contributed by atoms with Gasteiger partial charge in [0.25, 0.3) is 0 Å². The minimum atomic E-state index is 0.679. The van der Waals surface area contributed by atoms with E-state index >= 15 is 0 Å². The molecule has 0 aromatic heterocycles. The van der Waals surface area contributed by atoms with E-state index in [9.17, 15) is 0 Å². The van der Waals surface area contributed by atoms with E-state index in [1.54, 1.807) is 0 Å². The fraction of sp³-hybridized carbons (Fsp3) is 1.00. The Labute approximate surface area is 116 Å². The molecule has 0 aromatic rings. The molecule has 1 rings (SSSR count). The van der Waals surface area contributed by atoms with Crippen molar-refractivity contribution < 1.29 is 0 Å². The Balaban J connectivity index is 2.53.